The second-order valence-electron chi connectivity index (χ2n) is 15.0. The summed E-state index contributed by atoms with van der Waals surface area (Å²) >= 11 is 0. The van der Waals surface area contributed by atoms with Gasteiger partial charge >= 0.3 is 18.3 Å². The zero-order valence-electron chi connectivity index (χ0n) is 25.0. The minimum Gasteiger partial charge on any atom is -0.459 e. The second kappa shape index (κ2) is 8.15. The molecule has 2 aliphatic rings. The fourth-order valence-electron chi connectivity index (χ4n) is 7.07. The van der Waals surface area contributed by atoms with Crippen LogP contribution < -0.4 is 0 Å². The smallest absolute Gasteiger partial charge is 0.422 e. The fraction of sp³-hybridized carbons (Fsp3) is 0.857. The molecule has 0 spiro atoms. The van der Waals surface area contributed by atoms with Crippen LogP contribution in [-0.2, 0) is 14.3 Å². The third-order valence-corrected chi connectivity index (χ3v) is 7.57. The van der Waals surface area contributed by atoms with Crippen molar-refractivity contribution in [1.82, 2.24) is 4.90 Å². The van der Waals surface area contributed by atoms with Crippen LogP contribution in [0.4, 0.5) is 26.3 Å². The highest BCUT2D eigenvalue weighted by Gasteiger charge is 3.05. The summed E-state index contributed by atoms with van der Waals surface area (Å²) in [6.07, 6.45) is -12.1. The summed E-state index contributed by atoms with van der Waals surface area (Å²) in [6, 6.07) is 0. The number of ether oxygens (including phenoxy) is 1. The topological polar surface area (TPSA) is 46.6 Å². The monoisotopic (exact) mass is 555 g/mol. The number of amides is 1. The van der Waals surface area contributed by atoms with Gasteiger partial charge in [-0.1, -0.05) is 76.2 Å². The highest BCUT2D eigenvalue weighted by Crippen LogP contribution is 2.87. The zero-order valence-corrected chi connectivity index (χ0v) is 25.0. The van der Waals surface area contributed by atoms with Crippen molar-refractivity contribution in [2.75, 3.05) is 0 Å². The van der Waals surface area contributed by atoms with Gasteiger partial charge in [0.15, 0.2) is 5.41 Å². The van der Waals surface area contributed by atoms with Gasteiger partial charge < -0.3 is 9.64 Å². The van der Waals surface area contributed by atoms with Gasteiger partial charge in [-0.05, 0) is 48.2 Å². The molecule has 1 saturated heterocycles. The molecule has 0 aromatic heterocycles. The summed E-state index contributed by atoms with van der Waals surface area (Å²) in [7, 11) is 0. The van der Waals surface area contributed by atoms with E-state index in [1.54, 1.807) is 20.8 Å². The maximum absolute atomic E-state index is 15.4. The largest absolute Gasteiger partial charge is 0.459 e. The van der Waals surface area contributed by atoms with Crippen molar-refractivity contribution in [3.05, 3.63) is 11.1 Å². The van der Waals surface area contributed by atoms with Gasteiger partial charge in [0, 0.05) is 5.92 Å². The molecule has 1 aliphatic heterocycles. The van der Waals surface area contributed by atoms with Crippen LogP contribution in [0.5, 0.6) is 0 Å². The summed E-state index contributed by atoms with van der Waals surface area (Å²) in [4.78, 5) is 27.9. The zero-order chi connectivity index (χ0) is 30.7. The van der Waals surface area contributed by atoms with Crippen LogP contribution in [0.2, 0.25) is 0 Å². The molecule has 1 amide bonds. The number of carbonyl (C=O) groups excluding carboxylic acids is 2. The summed E-state index contributed by atoms with van der Waals surface area (Å²) in [5.41, 5.74) is -15.6. The lowest BCUT2D eigenvalue weighted by atomic mass is 9.26. The van der Waals surface area contributed by atoms with E-state index < -0.39 is 68.5 Å². The van der Waals surface area contributed by atoms with Gasteiger partial charge in [0.2, 0.25) is 5.91 Å². The highest BCUT2D eigenvalue weighted by molar-refractivity contribution is 6.00. The number of alkyl halides is 6. The lowest BCUT2D eigenvalue weighted by molar-refractivity contribution is -0.451. The van der Waals surface area contributed by atoms with Gasteiger partial charge in [0.1, 0.15) is 5.60 Å². The van der Waals surface area contributed by atoms with Gasteiger partial charge in [-0.25, -0.2) is 0 Å². The molecule has 0 aromatic carbocycles. The fourth-order valence-corrected chi connectivity index (χ4v) is 7.07. The molecular weight excluding hydrogens is 512 g/mol. The molecule has 1 fully saturated rings. The first-order valence-electron chi connectivity index (χ1n) is 12.8. The Morgan fingerprint density at radius 1 is 0.711 bits per heavy atom. The number of nitrogens with zero attached hydrogens (tertiary/aromatic N) is 1. The minimum absolute atomic E-state index is 0.0234. The van der Waals surface area contributed by atoms with Crippen molar-refractivity contribution in [3.8, 4) is 0 Å². The molecule has 0 bridgehead atoms. The number of likely N-dealkylation sites (tertiary alicyclic amines) is 1. The van der Waals surface area contributed by atoms with E-state index in [9.17, 15) is 9.59 Å². The predicted molar refractivity (Wildman–Crippen MR) is 133 cm³/mol. The number of carbonyl (C=O) groups is 2. The number of hydrogen-bond donors (Lipinski definition) is 0. The lowest BCUT2D eigenvalue weighted by Crippen LogP contribution is -3.04. The number of hydrogen-bond acceptors (Lipinski definition) is 3. The van der Waals surface area contributed by atoms with E-state index in [2.05, 4.69) is 0 Å². The van der Waals surface area contributed by atoms with Crippen molar-refractivity contribution < 1.29 is 40.7 Å². The Kier molecular flexibility index (Phi) is 6.96. The first-order valence-corrected chi connectivity index (χ1v) is 12.8. The number of fused-ring (bicyclic) bond motifs is 1. The molecule has 38 heavy (non-hydrogen) atoms. The van der Waals surface area contributed by atoms with E-state index >= 15 is 26.3 Å². The molecule has 220 valence electrons. The molecule has 1 aliphatic carbocycles. The molecule has 2 rings (SSSR count). The molecular formula is C28H43F6NO3. The van der Waals surface area contributed by atoms with Crippen LogP contribution >= 0.6 is 0 Å². The van der Waals surface area contributed by atoms with Crippen LogP contribution in [0.1, 0.15) is 96.9 Å². The van der Waals surface area contributed by atoms with E-state index in [4.69, 9.17) is 4.74 Å². The standard InChI is InChI=1S/C28H43F6NO3/c1-15(2)18(36)35-25(22(9,10)11)17(21(6,7)8)16(20(3,4)5)24(25,19(37)38-23(12,13)14)26(35,27(29,30)31)28(32,33)34/h15H,1-14H3/t24-,25+/m1/s1. The average molecular weight is 556 g/mol. The summed E-state index contributed by atoms with van der Waals surface area (Å²) in [6.45, 7) is 20.7. The molecule has 0 N–H and O–H groups in total. The molecule has 0 unspecified atom stereocenters. The van der Waals surface area contributed by atoms with Gasteiger partial charge in [0.25, 0.3) is 5.54 Å². The summed E-state index contributed by atoms with van der Waals surface area (Å²) in [5.74, 6) is -4.17. The number of halogens is 6. The van der Waals surface area contributed by atoms with Gasteiger partial charge in [-0.15, -0.1) is 0 Å². The Morgan fingerprint density at radius 2 is 1.08 bits per heavy atom. The van der Waals surface area contributed by atoms with Crippen LogP contribution in [0.3, 0.4) is 0 Å². The average Bonchev–Trinajstić information content (AvgIpc) is 2.53. The highest BCUT2D eigenvalue weighted by atomic mass is 19.4. The van der Waals surface area contributed by atoms with E-state index in [0.29, 0.717) is 0 Å². The first-order chi connectivity index (χ1) is 16.3. The summed E-state index contributed by atoms with van der Waals surface area (Å²) in [5, 5.41) is 0. The Hall–Kier alpha value is -1.74. The van der Waals surface area contributed by atoms with Crippen molar-refractivity contribution in [1.29, 1.82) is 0 Å². The van der Waals surface area contributed by atoms with Crippen molar-refractivity contribution in [2.45, 2.75) is 126 Å². The van der Waals surface area contributed by atoms with Crippen LogP contribution in [-0.4, -0.2) is 45.8 Å². The van der Waals surface area contributed by atoms with E-state index in [1.165, 1.54) is 76.2 Å². The summed E-state index contributed by atoms with van der Waals surface area (Å²) < 4.78 is 98.0. The predicted octanol–water partition coefficient (Wildman–Crippen LogP) is 7.86. The lowest BCUT2D eigenvalue weighted by Gasteiger charge is -2.86. The van der Waals surface area contributed by atoms with Crippen LogP contribution in [0.15, 0.2) is 11.1 Å². The number of esters is 1. The molecule has 0 aromatic rings. The Bertz CT molecular complexity index is 1030. The van der Waals surface area contributed by atoms with Crippen LogP contribution in [0.25, 0.3) is 0 Å². The van der Waals surface area contributed by atoms with E-state index in [1.807, 2.05) is 0 Å². The van der Waals surface area contributed by atoms with Crippen LogP contribution in [0, 0.1) is 27.6 Å². The van der Waals surface area contributed by atoms with Crippen molar-refractivity contribution in [3.63, 3.8) is 0 Å². The first kappa shape index (κ1) is 32.5. The maximum atomic E-state index is 15.4. The number of rotatable bonds is 2. The molecule has 0 radical (unpaired) electrons. The third-order valence-electron chi connectivity index (χ3n) is 7.57. The van der Waals surface area contributed by atoms with Crippen molar-refractivity contribution >= 4 is 11.9 Å². The normalized spacial score (nSPS) is 26.6. The molecule has 0 saturated carbocycles. The van der Waals surface area contributed by atoms with Gasteiger partial charge in [-0.3, -0.25) is 9.59 Å². The SMILES string of the molecule is CC(C)C(=O)N1C(C(F)(F)F)(C(F)(F)F)[C@@]2(C(=O)OC(C)(C)C)C(C(C)(C)C)=C(C(C)(C)C)[C@@]12C(C)(C)C. The third kappa shape index (κ3) is 3.62. The Labute approximate surface area is 222 Å². The minimum atomic E-state index is -6.07. The van der Waals surface area contributed by atoms with Gasteiger partial charge in [0.05, 0.1) is 5.54 Å². The quantitative estimate of drug-likeness (QED) is 0.198. The molecule has 4 nitrogen and oxygen atoms in total. The molecule has 2 atom stereocenters. The van der Waals surface area contributed by atoms with Gasteiger partial charge in [-0.2, -0.15) is 26.3 Å². The van der Waals surface area contributed by atoms with E-state index in [-0.39, 0.29) is 16.0 Å². The Balaban J connectivity index is 3.51. The van der Waals surface area contributed by atoms with E-state index in [0.717, 1.165) is 0 Å². The maximum Gasteiger partial charge on any atom is 0.422 e. The molecule has 10 heteroatoms. The Morgan fingerprint density at radius 3 is 1.32 bits per heavy atom. The second-order valence-corrected chi connectivity index (χ2v) is 15.0. The molecule has 1 heterocycles. The van der Waals surface area contributed by atoms with Crippen molar-refractivity contribution in [2.24, 2.45) is 27.6 Å².